The molecule has 3 rings (SSSR count). The van der Waals surface area contributed by atoms with Crippen molar-refractivity contribution in [2.24, 2.45) is 0 Å². The van der Waals surface area contributed by atoms with Crippen LogP contribution in [0.15, 0.2) is 29.1 Å². The van der Waals surface area contributed by atoms with Gasteiger partial charge < -0.3 is 0 Å². The topological polar surface area (TPSA) is 42.9 Å². The van der Waals surface area contributed by atoms with Gasteiger partial charge >= 0.3 is 0 Å². The maximum atomic E-state index is 12.2. The largest absolute Gasteiger partial charge is 0.288 e. The summed E-state index contributed by atoms with van der Waals surface area (Å²) in [6.07, 6.45) is 0. The summed E-state index contributed by atoms with van der Waals surface area (Å²) >= 11 is 12.9. The van der Waals surface area contributed by atoms with E-state index in [1.807, 2.05) is 0 Å². The molecule has 3 heterocycles. The third-order valence-electron chi connectivity index (χ3n) is 2.34. The van der Waals surface area contributed by atoms with Crippen LogP contribution in [-0.4, -0.2) is 9.97 Å². The summed E-state index contributed by atoms with van der Waals surface area (Å²) in [5.41, 5.74) is -0.0953. The quantitative estimate of drug-likeness (QED) is 0.468. The molecule has 0 aromatic carbocycles. The molecule has 17 heavy (non-hydrogen) atoms. The monoisotopic (exact) mass is 282 g/mol. The molecule has 0 saturated carbocycles. The van der Waals surface area contributed by atoms with E-state index in [1.54, 1.807) is 24.3 Å². The summed E-state index contributed by atoms with van der Waals surface area (Å²) in [4.78, 5) is 21.5. The maximum Gasteiger partial charge on any atom is 0.199 e. The SMILES string of the molecule is O=c1c2ccc(Cl)nc2sc2nc(Cl)ccc12. The smallest absolute Gasteiger partial charge is 0.199 e. The molecule has 0 fully saturated rings. The Balaban J connectivity index is 2.57. The van der Waals surface area contributed by atoms with Gasteiger partial charge in [0.25, 0.3) is 0 Å². The van der Waals surface area contributed by atoms with E-state index in [-0.39, 0.29) is 5.43 Å². The van der Waals surface area contributed by atoms with Gasteiger partial charge in [-0.25, -0.2) is 9.97 Å². The van der Waals surface area contributed by atoms with E-state index >= 15 is 0 Å². The molecule has 0 saturated heterocycles. The van der Waals surface area contributed by atoms with Gasteiger partial charge in [-0.2, -0.15) is 0 Å². The fourth-order valence-electron chi connectivity index (χ4n) is 1.57. The molecule has 3 aromatic heterocycles. The standard InChI is InChI=1S/C11H4Cl2N2OS/c12-7-3-1-5-9(16)6-2-4-8(13)15-11(6)17-10(5)14-7/h1-4H. The Morgan fingerprint density at radius 3 is 1.82 bits per heavy atom. The van der Waals surface area contributed by atoms with Crippen molar-refractivity contribution in [1.82, 2.24) is 9.97 Å². The summed E-state index contributed by atoms with van der Waals surface area (Å²) < 4.78 is 0. The fraction of sp³-hybridized carbons (Fsp3) is 0. The number of hydrogen-bond acceptors (Lipinski definition) is 4. The van der Waals surface area contributed by atoms with Crippen molar-refractivity contribution in [1.29, 1.82) is 0 Å². The lowest BCUT2D eigenvalue weighted by molar-refractivity contribution is 1.42. The van der Waals surface area contributed by atoms with Crippen LogP contribution < -0.4 is 5.43 Å². The summed E-state index contributed by atoms with van der Waals surface area (Å²) in [6.45, 7) is 0. The first kappa shape index (κ1) is 10.9. The first-order valence-electron chi connectivity index (χ1n) is 4.71. The third kappa shape index (κ3) is 1.78. The summed E-state index contributed by atoms with van der Waals surface area (Å²) in [7, 11) is 0. The van der Waals surface area contributed by atoms with Crippen molar-refractivity contribution in [3.8, 4) is 0 Å². The predicted molar refractivity (Wildman–Crippen MR) is 71.2 cm³/mol. The van der Waals surface area contributed by atoms with Gasteiger partial charge in [0.2, 0.25) is 0 Å². The van der Waals surface area contributed by atoms with Crippen LogP contribution in [0, 0.1) is 0 Å². The number of nitrogens with zero attached hydrogens (tertiary/aromatic N) is 2. The normalized spacial score (nSPS) is 11.2. The molecular weight excluding hydrogens is 279 g/mol. The van der Waals surface area contributed by atoms with E-state index in [0.717, 1.165) is 0 Å². The van der Waals surface area contributed by atoms with Crippen molar-refractivity contribution >= 4 is 55.0 Å². The molecule has 0 aliphatic carbocycles. The van der Waals surface area contributed by atoms with Crippen molar-refractivity contribution in [3.05, 3.63) is 44.8 Å². The van der Waals surface area contributed by atoms with Crippen molar-refractivity contribution in [3.63, 3.8) is 0 Å². The Kier molecular flexibility index (Phi) is 2.50. The Bertz CT molecular complexity index is 737. The number of hydrogen-bond donors (Lipinski definition) is 0. The van der Waals surface area contributed by atoms with Gasteiger partial charge in [0, 0.05) is 0 Å². The number of pyridine rings is 2. The average Bonchev–Trinajstić information content (AvgIpc) is 2.28. The van der Waals surface area contributed by atoms with Crippen LogP contribution in [0.4, 0.5) is 0 Å². The van der Waals surface area contributed by atoms with E-state index in [9.17, 15) is 4.79 Å². The minimum Gasteiger partial charge on any atom is -0.288 e. The second-order valence-electron chi connectivity index (χ2n) is 3.40. The third-order valence-corrected chi connectivity index (χ3v) is 3.77. The van der Waals surface area contributed by atoms with Gasteiger partial charge in [0.05, 0.1) is 10.8 Å². The zero-order valence-corrected chi connectivity index (χ0v) is 10.6. The highest BCUT2D eigenvalue weighted by Gasteiger charge is 2.08. The van der Waals surface area contributed by atoms with Gasteiger partial charge in [-0.05, 0) is 24.3 Å². The predicted octanol–water partition coefficient (Wildman–Crippen LogP) is 3.51. The Labute approximate surface area is 110 Å². The summed E-state index contributed by atoms with van der Waals surface area (Å²) in [5, 5.41) is 1.82. The molecular formula is C11H4Cl2N2OS. The van der Waals surface area contributed by atoms with Gasteiger partial charge in [-0.15, -0.1) is 0 Å². The summed E-state index contributed by atoms with van der Waals surface area (Å²) in [6, 6.07) is 6.56. The minimum absolute atomic E-state index is 0.0953. The van der Waals surface area contributed by atoms with E-state index in [1.165, 1.54) is 11.3 Å². The van der Waals surface area contributed by atoms with Crippen LogP contribution in [0.5, 0.6) is 0 Å². The Hall–Kier alpha value is -1.23. The van der Waals surface area contributed by atoms with Crippen LogP contribution in [0.25, 0.3) is 20.4 Å². The highest BCUT2D eigenvalue weighted by Crippen LogP contribution is 2.24. The molecule has 0 radical (unpaired) electrons. The van der Waals surface area contributed by atoms with Crippen molar-refractivity contribution < 1.29 is 0 Å². The molecule has 0 aliphatic heterocycles. The zero-order valence-electron chi connectivity index (χ0n) is 8.28. The maximum absolute atomic E-state index is 12.2. The van der Waals surface area contributed by atoms with Gasteiger partial charge in [0.1, 0.15) is 20.0 Å². The van der Waals surface area contributed by atoms with Crippen LogP contribution in [0.3, 0.4) is 0 Å². The van der Waals surface area contributed by atoms with E-state index in [4.69, 9.17) is 23.2 Å². The molecule has 0 N–H and O–H groups in total. The second kappa shape index (κ2) is 3.91. The molecule has 0 bridgehead atoms. The number of halogens is 2. The molecule has 0 aliphatic rings. The molecule has 3 nitrogen and oxygen atoms in total. The average molecular weight is 283 g/mol. The van der Waals surface area contributed by atoms with E-state index in [0.29, 0.717) is 30.7 Å². The van der Waals surface area contributed by atoms with E-state index < -0.39 is 0 Å². The molecule has 0 amide bonds. The Morgan fingerprint density at radius 1 is 0.882 bits per heavy atom. The van der Waals surface area contributed by atoms with Crippen LogP contribution in [0.2, 0.25) is 10.3 Å². The lowest BCUT2D eigenvalue weighted by Gasteiger charge is -2.00. The molecule has 3 aromatic rings. The molecule has 84 valence electrons. The van der Waals surface area contributed by atoms with Crippen molar-refractivity contribution in [2.45, 2.75) is 0 Å². The van der Waals surface area contributed by atoms with Crippen molar-refractivity contribution in [2.75, 3.05) is 0 Å². The Morgan fingerprint density at radius 2 is 1.35 bits per heavy atom. The second-order valence-corrected chi connectivity index (χ2v) is 5.16. The first-order chi connectivity index (χ1) is 8.15. The lowest BCUT2D eigenvalue weighted by atomic mass is 10.2. The first-order valence-corrected chi connectivity index (χ1v) is 6.28. The zero-order chi connectivity index (χ0) is 12.0. The molecule has 0 unspecified atom stereocenters. The number of aromatic nitrogens is 2. The van der Waals surface area contributed by atoms with Gasteiger partial charge in [0.15, 0.2) is 5.43 Å². The van der Waals surface area contributed by atoms with Crippen LogP contribution >= 0.6 is 34.5 Å². The van der Waals surface area contributed by atoms with Gasteiger partial charge in [-0.3, -0.25) is 4.79 Å². The lowest BCUT2D eigenvalue weighted by Crippen LogP contribution is -2.02. The minimum atomic E-state index is -0.0953. The highest BCUT2D eigenvalue weighted by atomic mass is 35.5. The van der Waals surface area contributed by atoms with Crippen LogP contribution in [-0.2, 0) is 0 Å². The van der Waals surface area contributed by atoms with Crippen LogP contribution in [0.1, 0.15) is 0 Å². The number of fused-ring (bicyclic) bond motifs is 2. The van der Waals surface area contributed by atoms with E-state index in [2.05, 4.69) is 9.97 Å². The molecule has 0 atom stereocenters. The fourth-order valence-corrected chi connectivity index (χ4v) is 2.98. The molecule has 6 heteroatoms. The number of rotatable bonds is 0. The van der Waals surface area contributed by atoms with Gasteiger partial charge in [-0.1, -0.05) is 34.5 Å². The molecule has 0 spiro atoms. The summed E-state index contributed by atoms with van der Waals surface area (Å²) in [5.74, 6) is 0. The highest BCUT2D eigenvalue weighted by molar-refractivity contribution is 7.23.